The number of unbranched alkanes of at least 4 members (excludes halogenated alkanes) is 4. The van der Waals surface area contributed by atoms with Crippen molar-refractivity contribution in [1.82, 2.24) is 4.98 Å². The Bertz CT molecular complexity index is 924. The molecule has 0 fully saturated rings. The summed E-state index contributed by atoms with van der Waals surface area (Å²) in [5.74, 6) is -1.97. The van der Waals surface area contributed by atoms with Crippen LogP contribution in [0.4, 0.5) is 0 Å². The van der Waals surface area contributed by atoms with E-state index in [4.69, 9.17) is 28.2 Å². The molecule has 0 aliphatic heterocycles. The number of carboxylic acid groups (broad SMARTS) is 1. The molecule has 1 aliphatic rings. The number of carbonyl (C=O) groups excluding carboxylic acids is 1. The zero-order chi connectivity index (χ0) is 22.9. The van der Waals surface area contributed by atoms with Gasteiger partial charge in [-0.1, -0.05) is 61.0 Å². The number of rotatable bonds is 12. The van der Waals surface area contributed by atoms with E-state index in [1.165, 1.54) is 29.8 Å². The van der Waals surface area contributed by atoms with Gasteiger partial charge in [0.15, 0.2) is 5.78 Å². The number of aliphatic carboxylic acids is 1. The number of aromatic nitrogens is 1. The molecule has 1 aromatic heterocycles. The van der Waals surface area contributed by atoms with E-state index < -0.39 is 11.9 Å². The van der Waals surface area contributed by atoms with Gasteiger partial charge < -0.3 is 5.11 Å². The lowest BCUT2D eigenvalue weighted by atomic mass is 9.93. The fraction of sp³-hybridized carbons (Fsp3) is 0.500. The van der Waals surface area contributed by atoms with E-state index in [1.54, 1.807) is 18.2 Å². The Morgan fingerprint density at radius 3 is 2.38 bits per heavy atom. The van der Waals surface area contributed by atoms with Crippen molar-refractivity contribution in [2.24, 2.45) is 5.92 Å². The zero-order valence-electron chi connectivity index (χ0n) is 18.4. The van der Waals surface area contributed by atoms with Gasteiger partial charge in [0.2, 0.25) is 0 Å². The minimum absolute atomic E-state index is 0.0806. The smallest absolute Gasteiger partial charge is 0.306 e. The van der Waals surface area contributed by atoms with E-state index >= 15 is 0 Å². The van der Waals surface area contributed by atoms with Crippen molar-refractivity contribution in [3.63, 3.8) is 0 Å². The number of Topliss-reactive ketones (excluding diaryl/α,β-unsaturated/α-hetero) is 1. The highest BCUT2D eigenvalue weighted by Gasteiger charge is 2.24. The first kappa shape index (κ1) is 24.7. The van der Waals surface area contributed by atoms with Gasteiger partial charge in [0, 0.05) is 17.8 Å². The van der Waals surface area contributed by atoms with Crippen LogP contribution in [0.25, 0.3) is 0 Å². The second-order valence-corrected chi connectivity index (χ2v) is 9.50. The van der Waals surface area contributed by atoms with E-state index in [0.29, 0.717) is 6.42 Å². The molecular weight excluding hydrogens is 445 g/mol. The molecule has 1 atom stereocenters. The highest BCUT2D eigenvalue weighted by Crippen LogP contribution is 2.28. The van der Waals surface area contributed by atoms with Gasteiger partial charge in [0.25, 0.3) is 0 Å². The number of aryl methyl sites for hydroxylation is 3. The molecule has 2 aromatic rings. The quantitative estimate of drug-likeness (QED) is 0.262. The van der Waals surface area contributed by atoms with Crippen LogP contribution in [-0.2, 0) is 24.1 Å². The summed E-state index contributed by atoms with van der Waals surface area (Å²) in [6, 6.07) is 9.27. The first-order valence-electron chi connectivity index (χ1n) is 11.6. The van der Waals surface area contributed by atoms with Crippen LogP contribution < -0.4 is 0 Å². The number of carboxylic acids is 1. The number of ketones is 1. The van der Waals surface area contributed by atoms with Crippen LogP contribution >= 0.6 is 23.2 Å². The first-order chi connectivity index (χ1) is 15.5. The van der Waals surface area contributed by atoms with Crippen molar-refractivity contribution in [2.75, 3.05) is 0 Å². The van der Waals surface area contributed by atoms with Gasteiger partial charge in [-0.2, -0.15) is 0 Å². The van der Waals surface area contributed by atoms with Crippen molar-refractivity contribution in [2.45, 2.75) is 77.0 Å². The molecule has 6 heteroatoms. The summed E-state index contributed by atoms with van der Waals surface area (Å²) in [5.41, 5.74) is 4.12. The molecule has 172 valence electrons. The first-order valence-corrected chi connectivity index (χ1v) is 12.4. The Morgan fingerprint density at radius 1 is 0.938 bits per heavy atom. The molecule has 1 aromatic carbocycles. The lowest BCUT2D eigenvalue weighted by Gasteiger charge is -2.15. The standard InChI is InChI=1S/C26H31Cl2NO3/c27-21-12-8-13-22(28)25(21)24(30)17-19(26(31)32)10-4-2-1-3-5-11-20-16-15-18-9-6-7-14-23(18)29-20/h8,12-13,15-16,19H,1-7,9-11,14,17H2,(H,31,32)/t19-/m1/s1. The molecule has 0 saturated carbocycles. The molecule has 0 amide bonds. The van der Waals surface area contributed by atoms with Crippen LogP contribution in [0.15, 0.2) is 30.3 Å². The third kappa shape index (κ3) is 7.05. The van der Waals surface area contributed by atoms with E-state index in [1.807, 2.05) is 0 Å². The minimum atomic E-state index is -0.944. The number of halogens is 2. The summed E-state index contributed by atoms with van der Waals surface area (Å²) in [7, 11) is 0. The van der Waals surface area contributed by atoms with Crippen LogP contribution in [-0.4, -0.2) is 21.8 Å². The molecule has 0 spiro atoms. The van der Waals surface area contributed by atoms with Crippen molar-refractivity contribution in [3.05, 3.63) is 62.9 Å². The van der Waals surface area contributed by atoms with Gasteiger partial charge in [0.1, 0.15) is 0 Å². The highest BCUT2D eigenvalue weighted by atomic mass is 35.5. The van der Waals surface area contributed by atoms with Gasteiger partial charge >= 0.3 is 5.97 Å². The maximum absolute atomic E-state index is 12.6. The fourth-order valence-corrected chi connectivity index (χ4v) is 5.00. The van der Waals surface area contributed by atoms with E-state index in [-0.39, 0.29) is 27.8 Å². The van der Waals surface area contributed by atoms with Gasteiger partial charge in [-0.25, -0.2) is 0 Å². The predicted octanol–water partition coefficient (Wildman–Crippen LogP) is 7.12. The second-order valence-electron chi connectivity index (χ2n) is 8.68. The maximum atomic E-state index is 12.6. The maximum Gasteiger partial charge on any atom is 0.306 e. The molecule has 1 heterocycles. The number of hydrogen-bond donors (Lipinski definition) is 1. The van der Waals surface area contributed by atoms with Crippen LogP contribution in [0.3, 0.4) is 0 Å². The van der Waals surface area contributed by atoms with Crippen molar-refractivity contribution in [1.29, 1.82) is 0 Å². The molecule has 32 heavy (non-hydrogen) atoms. The minimum Gasteiger partial charge on any atom is -0.481 e. The number of benzene rings is 1. The van der Waals surface area contributed by atoms with E-state index in [2.05, 4.69) is 12.1 Å². The number of nitrogens with zero attached hydrogens (tertiary/aromatic N) is 1. The van der Waals surface area contributed by atoms with E-state index in [0.717, 1.165) is 51.4 Å². The van der Waals surface area contributed by atoms with Gasteiger partial charge in [-0.15, -0.1) is 0 Å². The predicted molar refractivity (Wildman–Crippen MR) is 129 cm³/mol. The molecule has 1 N–H and O–H groups in total. The average Bonchev–Trinajstić information content (AvgIpc) is 2.77. The summed E-state index contributed by atoms with van der Waals surface area (Å²) < 4.78 is 0. The zero-order valence-corrected chi connectivity index (χ0v) is 19.9. The molecule has 3 rings (SSSR count). The number of fused-ring (bicyclic) bond motifs is 1. The summed E-state index contributed by atoms with van der Waals surface area (Å²) in [5, 5.41) is 10.1. The Labute approximate surface area is 200 Å². The SMILES string of the molecule is O=C(C[C@@H](CCCCCCCc1ccc2c(n1)CCCC2)C(=O)O)c1c(Cl)cccc1Cl. The van der Waals surface area contributed by atoms with Crippen LogP contribution in [0.1, 0.15) is 85.1 Å². The normalized spacial score (nSPS) is 14.1. The number of pyridine rings is 1. The van der Waals surface area contributed by atoms with Gasteiger partial charge in [-0.05, 0) is 68.7 Å². The summed E-state index contributed by atoms with van der Waals surface area (Å²) in [4.78, 5) is 29.0. The monoisotopic (exact) mass is 475 g/mol. The second kappa shape index (κ2) is 12.4. The van der Waals surface area contributed by atoms with Gasteiger partial charge in [0.05, 0.1) is 21.5 Å². The molecular formula is C26H31Cl2NO3. The average molecular weight is 476 g/mol. The molecule has 0 radical (unpaired) electrons. The Morgan fingerprint density at radius 2 is 1.62 bits per heavy atom. The largest absolute Gasteiger partial charge is 0.481 e. The molecule has 4 nitrogen and oxygen atoms in total. The summed E-state index contributed by atoms with van der Waals surface area (Å²) >= 11 is 12.2. The summed E-state index contributed by atoms with van der Waals surface area (Å²) in [6.07, 6.45) is 11.2. The van der Waals surface area contributed by atoms with Crippen molar-refractivity contribution < 1.29 is 14.7 Å². The van der Waals surface area contributed by atoms with Gasteiger partial charge in [-0.3, -0.25) is 14.6 Å². The van der Waals surface area contributed by atoms with Crippen LogP contribution in [0.5, 0.6) is 0 Å². The third-order valence-electron chi connectivity index (χ3n) is 6.24. The van der Waals surface area contributed by atoms with E-state index in [9.17, 15) is 14.7 Å². The van der Waals surface area contributed by atoms with Crippen LogP contribution in [0, 0.1) is 5.92 Å². The molecule has 0 saturated heterocycles. The van der Waals surface area contributed by atoms with Crippen molar-refractivity contribution in [3.8, 4) is 0 Å². The Balaban J connectivity index is 1.36. The Kier molecular flexibility index (Phi) is 9.55. The third-order valence-corrected chi connectivity index (χ3v) is 6.87. The Hall–Kier alpha value is -1.91. The number of carbonyl (C=O) groups is 2. The highest BCUT2D eigenvalue weighted by molar-refractivity contribution is 6.39. The lowest BCUT2D eigenvalue weighted by Crippen LogP contribution is -2.18. The van der Waals surface area contributed by atoms with Crippen LogP contribution in [0.2, 0.25) is 10.0 Å². The molecule has 0 unspecified atom stereocenters. The molecule has 1 aliphatic carbocycles. The van der Waals surface area contributed by atoms with Crippen molar-refractivity contribution >= 4 is 35.0 Å². The number of hydrogen-bond acceptors (Lipinski definition) is 3. The fourth-order valence-electron chi connectivity index (χ4n) is 4.40. The summed E-state index contributed by atoms with van der Waals surface area (Å²) in [6.45, 7) is 0. The molecule has 0 bridgehead atoms. The topological polar surface area (TPSA) is 67.3 Å². The lowest BCUT2D eigenvalue weighted by molar-refractivity contribution is -0.141.